The van der Waals surface area contributed by atoms with Crippen LogP contribution in [0.15, 0.2) is 10.5 Å². The van der Waals surface area contributed by atoms with Gasteiger partial charge in [0.25, 0.3) is 5.91 Å². The number of nitrogens with two attached hydrogens (primary N) is 1. The molecule has 104 valence electrons. The molecule has 4 N–H and O–H groups in total. The quantitative estimate of drug-likeness (QED) is 0.389. The Morgan fingerprint density at radius 2 is 2.42 bits per heavy atom. The van der Waals surface area contributed by atoms with Crippen molar-refractivity contribution in [3.63, 3.8) is 0 Å². The molecule has 1 aliphatic heterocycles. The van der Waals surface area contributed by atoms with E-state index in [9.17, 15) is 9.59 Å². The number of carbonyl (C=O) groups excluding carboxylic acids is 2. The predicted octanol–water partition coefficient (Wildman–Crippen LogP) is -0.488. The van der Waals surface area contributed by atoms with Crippen molar-refractivity contribution in [3.05, 3.63) is 23.2 Å². The van der Waals surface area contributed by atoms with Crippen LogP contribution in [-0.2, 0) is 11.3 Å². The molecule has 7 heteroatoms. The van der Waals surface area contributed by atoms with Gasteiger partial charge in [0.2, 0.25) is 5.91 Å². The summed E-state index contributed by atoms with van der Waals surface area (Å²) in [5.41, 5.74) is 2.50. The summed E-state index contributed by atoms with van der Waals surface area (Å²) in [6, 6.07) is 1.46. The monoisotopic (exact) mass is 266 g/mol. The smallest absolute Gasteiger partial charge is 0.268 e. The van der Waals surface area contributed by atoms with Gasteiger partial charge < -0.3 is 9.73 Å². The van der Waals surface area contributed by atoms with Crippen molar-refractivity contribution < 1.29 is 14.0 Å². The van der Waals surface area contributed by atoms with Gasteiger partial charge in [0, 0.05) is 13.1 Å². The summed E-state index contributed by atoms with van der Waals surface area (Å²) >= 11 is 0. The lowest BCUT2D eigenvalue weighted by Gasteiger charge is -2.31. The molecular weight excluding hydrogens is 248 g/mol. The fourth-order valence-electron chi connectivity index (χ4n) is 2.17. The molecule has 2 amide bonds. The SMILES string of the molecule is Cc1oc(CN2CCNC(=O)C2C)cc1C(=O)NN. The van der Waals surface area contributed by atoms with Crippen molar-refractivity contribution >= 4 is 11.8 Å². The topological polar surface area (TPSA) is 101 Å². The number of nitrogens with zero attached hydrogens (tertiary/aromatic N) is 1. The lowest BCUT2D eigenvalue weighted by molar-refractivity contribution is -0.128. The minimum Gasteiger partial charge on any atom is -0.464 e. The fourth-order valence-corrected chi connectivity index (χ4v) is 2.17. The number of amides is 2. The zero-order valence-electron chi connectivity index (χ0n) is 11.0. The average Bonchev–Trinajstić information content (AvgIpc) is 2.75. The molecule has 19 heavy (non-hydrogen) atoms. The van der Waals surface area contributed by atoms with Crippen LogP contribution in [0.5, 0.6) is 0 Å². The predicted molar refractivity (Wildman–Crippen MR) is 68.0 cm³/mol. The van der Waals surface area contributed by atoms with E-state index in [1.54, 1.807) is 13.0 Å². The van der Waals surface area contributed by atoms with Crippen LogP contribution >= 0.6 is 0 Å². The number of carbonyl (C=O) groups is 2. The van der Waals surface area contributed by atoms with Gasteiger partial charge >= 0.3 is 0 Å². The highest BCUT2D eigenvalue weighted by Gasteiger charge is 2.26. The number of furan rings is 1. The standard InChI is InChI=1S/C12H18N4O3/c1-7-11(17)14-3-4-16(7)6-9-5-10(8(2)19-9)12(18)15-13/h5,7H,3-4,6,13H2,1-2H3,(H,14,17)(H,15,18). The maximum absolute atomic E-state index is 11.6. The molecular formula is C12H18N4O3. The number of hydrogen-bond acceptors (Lipinski definition) is 5. The van der Waals surface area contributed by atoms with Crippen LogP contribution in [0.1, 0.15) is 28.8 Å². The molecule has 7 nitrogen and oxygen atoms in total. The fraction of sp³-hybridized carbons (Fsp3) is 0.500. The average molecular weight is 266 g/mol. The van der Waals surface area contributed by atoms with Crippen molar-refractivity contribution in [1.82, 2.24) is 15.6 Å². The van der Waals surface area contributed by atoms with Crippen molar-refractivity contribution in [2.75, 3.05) is 13.1 Å². The van der Waals surface area contributed by atoms with Crippen LogP contribution < -0.4 is 16.6 Å². The molecule has 1 saturated heterocycles. The molecule has 1 atom stereocenters. The van der Waals surface area contributed by atoms with E-state index >= 15 is 0 Å². The highest BCUT2D eigenvalue weighted by Crippen LogP contribution is 2.18. The van der Waals surface area contributed by atoms with Gasteiger partial charge in [-0.2, -0.15) is 0 Å². The van der Waals surface area contributed by atoms with E-state index in [0.29, 0.717) is 30.2 Å². The highest BCUT2D eigenvalue weighted by atomic mass is 16.3. The number of hydrogen-bond donors (Lipinski definition) is 3. The van der Waals surface area contributed by atoms with Gasteiger partial charge in [-0.3, -0.25) is 19.9 Å². The number of hydrazine groups is 1. The third kappa shape index (κ3) is 2.77. The van der Waals surface area contributed by atoms with Gasteiger partial charge in [-0.25, -0.2) is 5.84 Å². The zero-order chi connectivity index (χ0) is 14.0. The van der Waals surface area contributed by atoms with Crippen LogP contribution in [0, 0.1) is 6.92 Å². The molecule has 0 aliphatic carbocycles. The number of nitrogens with one attached hydrogen (secondary N) is 2. The molecule has 1 aromatic rings. The van der Waals surface area contributed by atoms with Crippen LogP contribution in [0.4, 0.5) is 0 Å². The van der Waals surface area contributed by atoms with E-state index in [4.69, 9.17) is 10.3 Å². The maximum atomic E-state index is 11.6. The summed E-state index contributed by atoms with van der Waals surface area (Å²) < 4.78 is 5.53. The van der Waals surface area contributed by atoms with E-state index < -0.39 is 0 Å². The molecule has 0 saturated carbocycles. The van der Waals surface area contributed by atoms with Gasteiger partial charge in [0.15, 0.2) is 0 Å². The van der Waals surface area contributed by atoms with Gasteiger partial charge in [0.05, 0.1) is 18.2 Å². The Kier molecular flexibility index (Phi) is 3.87. The summed E-state index contributed by atoms with van der Waals surface area (Å²) in [5.74, 6) is 5.90. The Balaban J connectivity index is 2.11. The van der Waals surface area contributed by atoms with E-state index in [-0.39, 0.29) is 17.9 Å². The molecule has 0 aromatic carbocycles. The molecule has 1 aliphatic rings. The first kappa shape index (κ1) is 13.6. The maximum Gasteiger partial charge on any atom is 0.268 e. The molecule has 2 rings (SSSR count). The molecule has 1 aromatic heterocycles. The largest absolute Gasteiger partial charge is 0.464 e. The molecule has 1 unspecified atom stereocenters. The van der Waals surface area contributed by atoms with E-state index in [1.165, 1.54) is 0 Å². The number of rotatable bonds is 3. The minimum atomic E-state index is -0.378. The minimum absolute atomic E-state index is 0.00875. The van der Waals surface area contributed by atoms with Crippen molar-refractivity contribution in [2.24, 2.45) is 5.84 Å². The van der Waals surface area contributed by atoms with E-state index in [2.05, 4.69) is 10.7 Å². The third-order valence-corrected chi connectivity index (χ3v) is 3.33. The lowest BCUT2D eigenvalue weighted by atomic mass is 10.2. The van der Waals surface area contributed by atoms with E-state index in [1.807, 2.05) is 11.8 Å². The van der Waals surface area contributed by atoms with Gasteiger partial charge in [-0.15, -0.1) is 0 Å². The van der Waals surface area contributed by atoms with Crippen LogP contribution in [0.25, 0.3) is 0 Å². The Hall–Kier alpha value is -1.86. The first-order valence-corrected chi connectivity index (χ1v) is 6.15. The normalized spacial score (nSPS) is 20.2. The second kappa shape index (κ2) is 5.41. The Labute approximate surface area is 111 Å². The summed E-state index contributed by atoms with van der Waals surface area (Å²) in [5, 5.41) is 2.80. The van der Waals surface area contributed by atoms with Crippen molar-refractivity contribution in [1.29, 1.82) is 0 Å². The Bertz CT molecular complexity index is 497. The zero-order valence-corrected chi connectivity index (χ0v) is 11.0. The van der Waals surface area contributed by atoms with Crippen molar-refractivity contribution in [3.8, 4) is 0 Å². The van der Waals surface area contributed by atoms with Crippen LogP contribution in [-0.4, -0.2) is 35.8 Å². The third-order valence-electron chi connectivity index (χ3n) is 3.33. The Morgan fingerprint density at radius 1 is 1.68 bits per heavy atom. The molecule has 1 fully saturated rings. The second-order valence-electron chi connectivity index (χ2n) is 4.59. The molecule has 0 radical (unpaired) electrons. The van der Waals surface area contributed by atoms with Crippen molar-refractivity contribution in [2.45, 2.75) is 26.4 Å². The number of nitrogen functional groups attached to an aromatic ring is 1. The summed E-state index contributed by atoms with van der Waals surface area (Å²) in [6.45, 7) is 5.43. The van der Waals surface area contributed by atoms with Crippen LogP contribution in [0.3, 0.4) is 0 Å². The van der Waals surface area contributed by atoms with Gasteiger partial charge in [-0.1, -0.05) is 0 Å². The first-order chi connectivity index (χ1) is 9.02. The highest BCUT2D eigenvalue weighted by molar-refractivity contribution is 5.94. The lowest BCUT2D eigenvalue weighted by Crippen LogP contribution is -2.53. The first-order valence-electron chi connectivity index (χ1n) is 6.15. The van der Waals surface area contributed by atoms with Gasteiger partial charge in [0.1, 0.15) is 11.5 Å². The number of piperazine rings is 1. The van der Waals surface area contributed by atoms with E-state index in [0.717, 1.165) is 6.54 Å². The summed E-state index contributed by atoms with van der Waals surface area (Å²) in [7, 11) is 0. The number of aryl methyl sites for hydroxylation is 1. The second-order valence-corrected chi connectivity index (χ2v) is 4.59. The summed E-state index contributed by atoms with van der Waals surface area (Å²) in [6.07, 6.45) is 0. The molecule has 2 heterocycles. The molecule has 0 spiro atoms. The Morgan fingerprint density at radius 3 is 3.11 bits per heavy atom. The molecule has 0 bridgehead atoms. The van der Waals surface area contributed by atoms with Gasteiger partial charge in [-0.05, 0) is 19.9 Å². The van der Waals surface area contributed by atoms with Crippen LogP contribution in [0.2, 0.25) is 0 Å². The summed E-state index contributed by atoms with van der Waals surface area (Å²) in [4.78, 5) is 25.0.